The Morgan fingerprint density at radius 3 is 2.94 bits per heavy atom. The number of hydrogen-bond acceptors (Lipinski definition) is 4. The van der Waals surface area contributed by atoms with Crippen LogP contribution in [0.25, 0.3) is 0 Å². The van der Waals surface area contributed by atoms with Crippen LogP contribution in [0.3, 0.4) is 0 Å². The van der Waals surface area contributed by atoms with Gasteiger partial charge in [-0.2, -0.15) is 0 Å². The van der Waals surface area contributed by atoms with Gasteiger partial charge in [-0.1, -0.05) is 24.3 Å². The Balaban J connectivity index is 1.60. The van der Waals surface area contributed by atoms with Crippen LogP contribution in [0.15, 0.2) is 24.3 Å². The lowest BCUT2D eigenvalue weighted by atomic mass is 9.99. The van der Waals surface area contributed by atoms with Crippen molar-refractivity contribution in [1.82, 2.24) is 5.32 Å². The molecule has 18 heavy (non-hydrogen) atoms. The lowest BCUT2D eigenvalue weighted by Gasteiger charge is -2.29. The van der Waals surface area contributed by atoms with E-state index in [-0.39, 0.29) is 12.1 Å². The molecule has 1 aromatic rings. The highest BCUT2D eigenvalue weighted by Crippen LogP contribution is 2.24. The molecule has 2 unspecified atom stereocenters. The van der Waals surface area contributed by atoms with E-state index in [1.165, 1.54) is 11.1 Å². The number of nitrogens with one attached hydrogen (secondary N) is 1. The molecule has 2 heterocycles. The van der Waals surface area contributed by atoms with Gasteiger partial charge in [0.1, 0.15) is 0 Å². The van der Waals surface area contributed by atoms with Crippen LogP contribution in [0.1, 0.15) is 17.2 Å². The molecule has 1 fully saturated rings. The first-order chi connectivity index (χ1) is 8.93. The van der Waals surface area contributed by atoms with E-state index < -0.39 is 0 Å². The van der Waals surface area contributed by atoms with Gasteiger partial charge in [-0.25, -0.2) is 0 Å². The predicted molar refractivity (Wildman–Crippen MR) is 67.4 cm³/mol. The molecule has 0 aliphatic carbocycles. The summed E-state index contributed by atoms with van der Waals surface area (Å²) < 4.78 is 16.6. The molecule has 0 bridgehead atoms. The molecular formula is C14H19NO3. The van der Waals surface area contributed by atoms with E-state index in [1.54, 1.807) is 0 Å². The fourth-order valence-electron chi connectivity index (χ4n) is 2.48. The zero-order chi connectivity index (χ0) is 12.2. The van der Waals surface area contributed by atoms with Crippen molar-refractivity contribution < 1.29 is 14.2 Å². The fourth-order valence-corrected chi connectivity index (χ4v) is 2.48. The largest absolute Gasteiger partial charge is 0.376 e. The highest BCUT2D eigenvalue weighted by atomic mass is 16.6. The second-order valence-corrected chi connectivity index (χ2v) is 4.74. The summed E-state index contributed by atoms with van der Waals surface area (Å²) in [5.41, 5.74) is 2.63. The highest BCUT2D eigenvalue weighted by Gasteiger charge is 2.22. The number of rotatable bonds is 3. The number of fused-ring (bicyclic) bond motifs is 1. The third kappa shape index (κ3) is 2.72. The van der Waals surface area contributed by atoms with Crippen LogP contribution in [0.5, 0.6) is 0 Å². The third-order valence-corrected chi connectivity index (χ3v) is 3.45. The van der Waals surface area contributed by atoms with E-state index in [2.05, 4.69) is 29.6 Å². The van der Waals surface area contributed by atoms with Gasteiger partial charge >= 0.3 is 0 Å². The minimum Gasteiger partial charge on any atom is -0.376 e. The average molecular weight is 249 g/mol. The molecule has 4 nitrogen and oxygen atoms in total. The first-order valence-electron chi connectivity index (χ1n) is 6.52. The van der Waals surface area contributed by atoms with Gasteiger partial charge in [0.05, 0.1) is 45.2 Å². The Hall–Kier alpha value is -0.940. The van der Waals surface area contributed by atoms with Crippen LogP contribution >= 0.6 is 0 Å². The summed E-state index contributed by atoms with van der Waals surface area (Å²) in [5, 5.41) is 3.52. The van der Waals surface area contributed by atoms with E-state index in [0.717, 1.165) is 19.8 Å². The second-order valence-electron chi connectivity index (χ2n) is 4.74. The smallest absolute Gasteiger partial charge is 0.0933 e. The van der Waals surface area contributed by atoms with E-state index in [9.17, 15) is 0 Å². The van der Waals surface area contributed by atoms with Gasteiger partial charge in [-0.15, -0.1) is 0 Å². The minimum atomic E-state index is 0.160. The van der Waals surface area contributed by atoms with E-state index >= 15 is 0 Å². The SMILES string of the molecule is c1ccc2c(c1)COCC2NCC1COCCO1. The lowest BCUT2D eigenvalue weighted by Crippen LogP contribution is -2.40. The molecule has 98 valence electrons. The Morgan fingerprint density at radius 2 is 2.06 bits per heavy atom. The fraction of sp³-hybridized carbons (Fsp3) is 0.571. The third-order valence-electron chi connectivity index (χ3n) is 3.45. The molecule has 0 spiro atoms. The summed E-state index contributed by atoms with van der Waals surface area (Å²) in [6, 6.07) is 8.71. The van der Waals surface area contributed by atoms with Crippen molar-refractivity contribution >= 4 is 0 Å². The number of benzene rings is 1. The zero-order valence-electron chi connectivity index (χ0n) is 10.4. The first-order valence-corrected chi connectivity index (χ1v) is 6.52. The van der Waals surface area contributed by atoms with Crippen LogP contribution < -0.4 is 5.32 Å². The minimum absolute atomic E-state index is 0.160. The quantitative estimate of drug-likeness (QED) is 0.875. The maximum atomic E-state index is 5.63. The molecule has 0 aromatic heterocycles. The lowest BCUT2D eigenvalue weighted by molar-refractivity contribution is -0.0880. The van der Waals surface area contributed by atoms with Gasteiger partial charge < -0.3 is 19.5 Å². The molecule has 2 aliphatic heterocycles. The molecule has 2 atom stereocenters. The molecule has 2 aliphatic rings. The van der Waals surface area contributed by atoms with Gasteiger partial charge in [0, 0.05) is 6.54 Å². The van der Waals surface area contributed by atoms with Crippen molar-refractivity contribution in [2.75, 3.05) is 33.0 Å². The maximum Gasteiger partial charge on any atom is 0.0933 e. The normalized spacial score (nSPS) is 27.8. The molecule has 1 aromatic carbocycles. The Morgan fingerprint density at radius 1 is 1.11 bits per heavy atom. The average Bonchev–Trinajstić information content (AvgIpc) is 2.46. The van der Waals surface area contributed by atoms with E-state index in [0.29, 0.717) is 19.8 Å². The zero-order valence-corrected chi connectivity index (χ0v) is 10.4. The summed E-state index contributed by atoms with van der Waals surface area (Å²) in [6.45, 7) is 4.35. The highest BCUT2D eigenvalue weighted by molar-refractivity contribution is 5.31. The van der Waals surface area contributed by atoms with Gasteiger partial charge in [0.25, 0.3) is 0 Å². The molecular weight excluding hydrogens is 230 g/mol. The van der Waals surface area contributed by atoms with Crippen LogP contribution in [-0.2, 0) is 20.8 Å². The van der Waals surface area contributed by atoms with E-state index in [4.69, 9.17) is 14.2 Å². The topological polar surface area (TPSA) is 39.7 Å². The van der Waals surface area contributed by atoms with Crippen molar-refractivity contribution in [3.8, 4) is 0 Å². The molecule has 0 amide bonds. The Bertz CT molecular complexity index is 390. The molecule has 4 heteroatoms. The molecule has 1 saturated heterocycles. The number of ether oxygens (including phenoxy) is 3. The predicted octanol–water partition coefficient (Wildman–Crippen LogP) is 1.26. The van der Waals surface area contributed by atoms with Crippen LogP contribution in [0.2, 0.25) is 0 Å². The number of hydrogen-bond donors (Lipinski definition) is 1. The molecule has 0 saturated carbocycles. The van der Waals surface area contributed by atoms with Gasteiger partial charge in [-0.05, 0) is 11.1 Å². The van der Waals surface area contributed by atoms with Crippen molar-refractivity contribution in [3.63, 3.8) is 0 Å². The molecule has 0 radical (unpaired) electrons. The van der Waals surface area contributed by atoms with Crippen LogP contribution in [-0.4, -0.2) is 39.1 Å². The van der Waals surface area contributed by atoms with Crippen molar-refractivity contribution in [2.45, 2.75) is 18.8 Å². The van der Waals surface area contributed by atoms with Crippen molar-refractivity contribution in [2.24, 2.45) is 0 Å². The van der Waals surface area contributed by atoms with Gasteiger partial charge in [0.2, 0.25) is 0 Å². The standard InChI is InChI=1S/C14H19NO3/c1-2-4-13-11(3-1)8-17-10-14(13)15-7-12-9-16-5-6-18-12/h1-4,12,14-15H,5-10H2. The van der Waals surface area contributed by atoms with Crippen LogP contribution in [0.4, 0.5) is 0 Å². The summed E-state index contributed by atoms with van der Waals surface area (Å²) in [4.78, 5) is 0. The molecule has 1 N–H and O–H groups in total. The van der Waals surface area contributed by atoms with Crippen molar-refractivity contribution in [1.29, 1.82) is 0 Å². The second kappa shape index (κ2) is 5.80. The summed E-state index contributed by atoms with van der Waals surface area (Å²) in [7, 11) is 0. The van der Waals surface area contributed by atoms with Gasteiger partial charge in [0.15, 0.2) is 0 Å². The molecule has 3 rings (SSSR count). The summed E-state index contributed by atoms with van der Waals surface area (Å²) in [5.74, 6) is 0. The van der Waals surface area contributed by atoms with Gasteiger partial charge in [-0.3, -0.25) is 0 Å². The Kier molecular flexibility index (Phi) is 3.90. The summed E-state index contributed by atoms with van der Waals surface area (Å²) in [6.07, 6.45) is 0.160. The monoisotopic (exact) mass is 249 g/mol. The summed E-state index contributed by atoms with van der Waals surface area (Å²) >= 11 is 0. The first kappa shape index (κ1) is 12.1. The van der Waals surface area contributed by atoms with Crippen LogP contribution in [0, 0.1) is 0 Å². The van der Waals surface area contributed by atoms with E-state index in [1.807, 2.05) is 0 Å². The maximum absolute atomic E-state index is 5.63. The Labute approximate surface area is 107 Å². The van der Waals surface area contributed by atoms with Crippen molar-refractivity contribution in [3.05, 3.63) is 35.4 Å².